The van der Waals surface area contributed by atoms with Crippen molar-refractivity contribution in [2.75, 3.05) is 31.6 Å². The summed E-state index contributed by atoms with van der Waals surface area (Å²) in [7, 11) is 2.12. The van der Waals surface area contributed by atoms with Gasteiger partial charge >= 0.3 is 0 Å². The van der Waals surface area contributed by atoms with Crippen LogP contribution < -0.4 is 4.90 Å². The molecule has 1 N–H and O–H groups in total. The van der Waals surface area contributed by atoms with Crippen LogP contribution in [0.4, 0.5) is 5.69 Å². The molecule has 0 saturated carbocycles. The molecule has 1 aliphatic rings. The number of aliphatic hydroxyl groups excluding tert-OH is 1. The first-order valence-electron chi connectivity index (χ1n) is 7.18. The molecule has 0 aromatic heterocycles. The zero-order chi connectivity index (χ0) is 14.0. The van der Waals surface area contributed by atoms with Gasteiger partial charge in [-0.2, -0.15) is 0 Å². The Morgan fingerprint density at radius 2 is 2.00 bits per heavy atom. The van der Waals surface area contributed by atoms with Gasteiger partial charge in [-0.25, -0.2) is 0 Å². The van der Waals surface area contributed by atoms with Gasteiger partial charge in [-0.3, -0.25) is 4.90 Å². The van der Waals surface area contributed by atoms with Gasteiger partial charge in [0.05, 0.1) is 12.6 Å². The summed E-state index contributed by atoms with van der Waals surface area (Å²) in [5.74, 6) is 0. The lowest BCUT2D eigenvalue weighted by Gasteiger charge is -2.31. The van der Waals surface area contributed by atoms with Gasteiger partial charge < -0.3 is 10.0 Å². The molecule has 1 heterocycles. The van der Waals surface area contributed by atoms with E-state index < -0.39 is 0 Å². The van der Waals surface area contributed by atoms with E-state index in [0.717, 1.165) is 19.5 Å². The number of hydrogen-bond acceptors (Lipinski definition) is 3. The maximum atomic E-state index is 9.60. The van der Waals surface area contributed by atoms with Crippen LogP contribution in [0.3, 0.4) is 0 Å². The molecule has 106 valence electrons. The summed E-state index contributed by atoms with van der Waals surface area (Å²) >= 11 is 0. The van der Waals surface area contributed by atoms with E-state index in [1.807, 2.05) is 0 Å². The summed E-state index contributed by atoms with van der Waals surface area (Å²) < 4.78 is 0. The molecule has 1 aromatic rings. The predicted molar refractivity (Wildman–Crippen MR) is 80.8 cm³/mol. The number of nitrogens with zero attached hydrogens (tertiary/aromatic N) is 2. The van der Waals surface area contributed by atoms with Crippen molar-refractivity contribution in [2.45, 2.75) is 39.3 Å². The van der Waals surface area contributed by atoms with Crippen molar-refractivity contribution in [3.8, 4) is 0 Å². The number of aryl methyl sites for hydroxylation is 2. The Bertz CT molecular complexity index is 433. The summed E-state index contributed by atoms with van der Waals surface area (Å²) in [5.41, 5.74) is 3.95. The van der Waals surface area contributed by atoms with Gasteiger partial charge in [-0.1, -0.05) is 6.07 Å². The van der Waals surface area contributed by atoms with Crippen molar-refractivity contribution in [3.63, 3.8) is 0 Å². The molecule has 0 spiro atoms. The highest BCUT2D eigenvalue weighted by molar-refractivity contribution is 5.51. The van der Waals surface area contributed by atoms with Gasteiger partial charge in [-0.15, -0.1) is 0 Å². The molecule has 2 unspecified atom stereocenters. The van der Waals surface area contributed by atoms with Crippen LogP contribution in [0.15, 0.2) is 18.2 Å². The topological polar surface area (TPSA) is 26.7 Å². The summed E-state index contributed by atoms with van der Waals surface area (Å²) in [6.45, 7) is 8.74. The standard InChI is InChI=1S/C16H26N2O/c1-12-5-6-15(9-13(12)2)18-8-7-14(3)17(4)16(10-18)11-19/h5-6,9,14,16,19H,7-8,10-11H2,1-4H3. The van der Waals surface area contributed by atoms with E-state index in [2.05, 4.69) is 55.8 Å². The first-order valence-corrected chi connectivity index (χ1v) is 7.18. The molecule has 19 heavy (non-hydrogen) atoms. The highest BCUT2D eigenvalue weighted by Crippen LogP contribution is 2.23. The second kappa shape index (κ2) is 5.93. The number of hydrogen-bond donors (Lipinski definition) is 1. The van der Waals surface area contributed by atoms with Crippen LogP contribution in [0.1, 0.15) is 24.5 Å². The van der Waals surface area contributed by atoms with Gasteiger partial charge in [-0.05, 0) is 57.5 Å². The number of benzene rings is 1. The first-order chi connectivity index (χ1) is 9.02. The Morgan fingerprint density at radius 1 is 1.26 bits per heavy atom. The maximum absolute atomic E-state index is 9.60. The van der Waals surface area contributed by atoms with Gasteiger partial charge in [0.2, 0.25) is 0 Å². The Morgan fingerprint density at radius 3 is 2.63 bits per heavy atom. The molecule has 3 nitrogen and oxygen atoms in total. The largest absolute Gasteiger partial charge is 0.395 e. The lowest BCUT2D eigenvalue weighted by atomic mass is 10.1. The van der Waals surface area contributed by atoms with E-state index in [-0.39, 0.29) is 12.6 Å². The smallest absolute Gasteiger partial charge is 0.0604 e. The van der Waals surface area contributed by atoms with Crippen LogP contribution in [0, 0.1) is 13.8 Å². The van der Waals surface area contributed by atoms with Crippen molar-refractivity contribution in [2.24, 2.45) is 0 Å². The third-order valence-electron chi connectivity index (χ3n) is 4.59. The highest BCUT2D eigenvalue weighted by Gasteiger charge is 2.26. The molecule has 2 rings (SSSR count). The molecule has 2 atom stereocenters. The van der Waals surface area contributed by atoms with E-state index in [0.29, 0.717) is 6.04 Å². The normalized spacial score (nSPS) is 25.4. The summed E-state index contributed by atoms with van der Waals surface area (Å²) in [4.78, 5) is 4.72. The fourth-order valence-corrected chi connectivity index (χ4v) is 2.72. The van der Waals surface area contributed by atoms with E-state index in [1.54, 1.807) is 0 Å². The van der Waals surface area contributed by atoms with Crippen LogP contribution in [-0.2, 0) is 0 Å². The van der Waals surface area contributed by atoms with E-state index >= 15 is 0 Å². The van der Waals surface area contributed by atoms with Crippen molar-refractivity contribution >= 4 is 5.69 Å². The molecular formula is C16H26N2O. The van der Waals surface area contributed by atoms with Crippen molar-refractivity contribution in [1.29, 1.82) is 0 Å². The molecule has 1 fully saturated rings. The van der Waals surface area contributed by atoms with Crippen molar-refractivity contribution in [1.82, 2.24) is 4.90 Å². The minimum atomic E-state index is 0.221. The Balaban J connectivity index is 2.21. The van der Waals surface area contributed by atoms with Crippen LogP contribution in [0.5, 0.6) is 0 Å². The van der Waals surface area contributed by atoms with E-state index in [9.17, 15) is 5.11 Å². The number of anilines is 1. The second-order valence-corrected chi connectivity index (χ2v) is 5.85. The van der Waals surface area contributed by atoms with Crippen molar-refractivity contribution in [3.05, 3.63) is 29.3 Å². The van der Waals surface area contributed by atoms with Crippen LogP contribution in [0.2, 0.25) is 0 Å². The Kier molecular flexibility index (Phi) is 4.48. The quantitative estimate of drug-likeness (QED) is 0.885. The molecule has 1 aliphatic heterocycles. The molecule has 1 aromatic carbocycles. The highest BCUT2D eigenvalue weighted by atomic mass is 16.3. The zero-order valence-electron chi connectivity index (χ0n) is 12.6. The van der Waals surface area contributed by atoms with E-state index in [4.69, 9.17) is 0 Å². The minimum Gasteiger partial charge on any atom is -0.395 e. The lowest BCUT2D eigenvalue weighted by Crippen LogP contribution is -2.44. The van der Waals surface area contributed by atoms with Crippen LogP contribution >= 0.6 is 0 Å². The van der Waals surface area contributed by atoms with Gasteiger partial charge in [0, 0.05) is 24.8 Å². The Labute approximate surface area is 116 Å². The second-order valence-electron chi connectivity index (χ2n) is 5.85. The Hall–Kier alpha value is -1.06. The number of likely N-dealkylation sites (N-methyl/N-ethyl adjacent to an activating group) is 1. The number of aliphatic hydroxyl groups is 1. The molecular weight excluding hydrogens is 236 g/mol. The molecule has 0 bridgehead atoms. The monoisotopic (exact) mass is 262 g/mol. The summed E-state index contributed by atoms with van der Waals surface area (Å²) in [6.07, 6.45) is 1.14. The third kappa shape index (κ3) is 3.10. The SMILES string of the molecule is Cc1ccc(N2CCC(C)N(C)C(CO)C2)cc1C. The molecule has 0 amide bonds. The van der Waals surface area contributed by atoms with Gasteiger partial charge in [0.25, 0.3) is 0 Å². The fraction of sp³-hybridized carbons (Fsp3) is 0.625. The zero-order valence-corrected chi connectivity index (χ0v) is 12.6. The molecule has 1 saturated heterocycles. The predicted octanol–water partition coefficient (Wildman–Crippen LogP) is 2.19. The van der Waals surface area contributed by atoms with Crippen LogP contribution in [-0.4, -0.2) is 48.8 Å². The lowest BCUT2D eigenvalue weighted by molar-refractivity contribution is 0.127. The molecule has 0 aliphatic carbocycles. The fourth-order valence-electron chi connectivity index (χ4n) is 2.72. The van der Waals surface area contributed by atoms with Crippen LogP contribution in [0.25, 0.3) is 0 Å². The minimum absolute atomic E-state index is 0.221. The third-order valence-corrected chi connectivity index (χ3v) is 4.59. The average molecular weight is 262 g/mol. The average Bonchev–Trinajstić information content (AvgIpc) is 2.54. The van der Waals surface area contributed by atoms with E-state index in [1.165, 1.54) is 16.8 Å². The maximum Gasteiger partial charge on any atom is 0.0604 e. The number of rotatable bonds is 2. The van der Waals surface area contributed by atoms with Gasteiger partial charge in [0.15, 0.2) is 0 Å². The summed E-state index contributed by atoms with van der Waals surface area (Å²) in [6, 6.07) is 7.40. The molecule has 3 heteroatoms. The molecule has 0 radical (unpaired) electrons. The van der Waals surface area contributed by atoms with Crippen molar-refractivity contribution < 1.29 is 5.11 Å². The first kappa shape index (κ1) is 14.4. The summed E-state index contributed by atoms with van der Waals surface area (Å²) in [5, 5.41) is 9.60. The van der Waals surface area contributed by atoms with Gasteiger partial charge in [0.1, 0.15) is 0 Å².